The molecule has 1 saturated carbocycles. The average Bonchev–Trinajstić information content (AvgIpc) is 3.26. The summed E-state index contributed by atoms with van der Waals surface area (Å²) in [5.41, 5.74) is -0.714. The van der Waals surface area contributed by atoms with Crippen LogP contribution >= 0.6 is 23.2 Å². The third-order valence-corrected chi connectivity index (χ3v) is 6.51. The van der Waals surface area contributed by atoms with Crippen LogP contribution in [0.5, 0.6) is 11.5 Å². The van der Waals surface area contributed by atoms with E-state index in [-0.39, 0.29) is 11.3 Å². The van der Waals surface area contributed by atoms with Crippen LogP contribution in [0.1, 0.15) is 31.9 Å². The van der Waals surface area contributed by atoms with Crippen molar-refractivity contribution in [3.05, 3.63) is 59.9 Å². The van der Waals surface area contributed by atoms with E-state index in [0.717, 1.165) is 6.07 Å². The number of nitriles is 1. The maximum Gasteiger partial charge on any atom is 0.421 e. The fourth-order valence-electron chi connectivity index (χ4n) is 3.72. The quantitative estimate of drug-likeness (QED) is 0.229. The molecule has 3 unspecified atom stereocenters. The van der Waals surface area contributed by atoms with E-state index in [9.17, 15) is 27.6 Å². The SMILES string of the molecule is CC1(C)C(CC(Cl)(Cl)C(F)(F)F)C1C(=O)OC(C#N)c1ccc(F)c(Oc2ccccc2)c1. The van der Waals surface area contributed by atoms with Crippen molar-refractivity contribution in [2.24, 2.45) is 17.3 Å². The normalized spacial score (nSPS) is 20.5. The molecule has 176 valence electrons. The average molecular weight is 504 g/mol. The summed E-state index contributed by atoms with van der Waals surface area (Å²) in [4.78, 5) is 12.7. The second-order valence-electron chi connectivity index (χ2n) is 8.36. The van der Waals surface area contributed by atoms with E-state index >= 15 is 0 Å². The number of rotatable bonds is 7. The van der Waals surface area contributed by atoms with Gasteiger partial charge in [-0.1, -0.05) is 61.3 Å². The van der Waals surface area contributed by atoms with E-state index in [1.54, 1.807) is 50.2 Å². The third kappa shape index (κ3) is 5.36. The molecule has 0 aromatic heterocycles. The minimum Gasteiger partial charge on any atom is -0.454 e. The van der Waals surface area contributed by atoms with Gasteiger partial charge in [0.1, 0.15) is 11.8 Å². The Hall–Kier alpha value is -2.50. The van der Waals surface area contributed by atoms with Gasteiger partial charge in [-0.05, 0) is 42.0 Å². The molecule has 2 aromatic rings. The standard InChI is InChI=1S/C23H19Cl2F4NO3/c1-21(2)15(11-22(24,25)23(27,28)29)19(21)20(31)33-18(12-30)13-8-9-16(26)17(10-13)32-14-6-4-3-5-7-14/h3-10,15,18-19H,11H2,1-2H3. The number of nitrogens with zero attached hydrogens (tertiary/aromatic N) is 1. The van der Waals surface area contributed by atoms with Crippen molar-refractivity contribution < 1.29 is 31.8 Å². The van der Waals surface area contributed by atoms with Gasteiger partial charge in [0.25, 0.3) is 0 Å². The largest absolute Gasteiger partial charge is 0.454 e. The monoisotopic (exact) mass is 503 g/mol. The Morgan fingerprint density at radius 3 is 2.39 bits per heavy atom. The van der Waals surface area contributed by atoms with Crippen molar-refractivity contribution in [3.63, 3.8) is 0 Å². The van der Waals surface area contributed by atoms with Crippen LogP contribution in [-0.2, 0) is 9.53 Å². The van der Waals surface area contributed by atoms with Crippen LogP contribution < -0.4 is 4.74 Å². The second kappa shape index (κ2) is 9.03. The summed E-state index contributed by atoms with van der Waals surface area (Å²) in [6.45, 7) is 3.18. The van der Waals surface area contributed by atoms with E-state index in [0.29, 0.717) is 5.75 Å². The second-order valence-corrected chi connectivity index (χ2v) is 9.85. The Kier molecular flexibility index (Phi) is 6.88. The molecule has 33 heavy (non-hydrogen) atoms. The van der Waals surface area contributed by atoms with Crippen LogP contribution in [0.25, 0.3) is 0 Å². The highest BCUT2D eigenvalue weighted by Crippen LogP contribution is 2.64. The highest BCUT2D eigenvalue weighted by molar-refractivity contribution is 6.49. The Labute approximate surface area is 198 Å². The summed E-state index contributed by atoms with van der Waals surface area (Å²) in [5, 5.41) is 9.52. The Balaban J connectivity index is 1.74. The minimum atomic E-state index is -4.87. The number of ether oxygens (including phenoxy) is 2. The van der Waals surface area contributed by atoms with E-state index in [2.05, 4.69) is 0 Å². The molecule has 4 nitrogen and oxygen atoms in total. The lowest BCUT2D eigenvalue weighted by molar-refractivity contribution is -0.151. The summed E-state index contributed by atoms with van der Waals surface area (Å²) in [5.74, 6) is -3.12. The summed E-state index contributed by atoms with van der Waals surface area (Å²) in [7, 11) is 0. The summed E-state index contributed by atoms with van der Waals surface area (Å²) >= 11 is 10.9. The molecule has 0 bridgehead atoms. The fourth-order valence-corrected chi connectivity index (χ4v) is 4.05. The van der Waals surface area contributed by atoms with Crippen molar-refractivity contribution in [2.45, 2.75) is 36.9 Å². The van der Waals surface area contributed by atoms with E-state index in [1.807, 2.05) is 0 Å². The molecule has 3 atom stereocenters. The van der Waals surface area contributed by atoms with Gasteiger partial charge in [-0.3, -0.25) is 4.79 Å². The number of alkyl halides is 5. The zero-order valence-electron chi connectivity index (χ0n) is 17.5. The molecular formula is C23H19Cl2F4NO3. The Morgan fingerprint density at radius 1 is 1.18 bits per heavy atom. The van der Waals surface area contributed by atoms with Crippen molar-refractivity contribution in [1.29, 1.82) is 5.26 Å². The molecule has 10 heteroatoms. The van der Waals surface area contributed by atoms with E-state index in [4.69, 9.17) is 32.7 Å². The predicted molar refractivity (Wildman–Crippen MR) is 113 cm³/mol. The van der Waals surface area contributed by atoms with Gasteiger partial charge in [0.2, 0.25) is 10.4 Å². The lowest BCUT2D eigenvalue weighted by Gasteiger charge is -2.23. The third-order valence-electron chi connectivity index (χ3n) is 5.78. The number of esters is 1. The highest BCUT2D eigenvalue weighted by atomic mass is 35.5. The zero-order chi connectivity index (χ0) is 24.6. The first-order chi connectivity index (χ1) is 15.3. The van der Waals surface area contributed by atoms with Crippen LogP contribution in [0.15, 0.2) is 48.5 Å². The predicted octanol–water partition coefficient (Wildman–Crippen LogP) is 7.12. The summed E-state index contributed by atoms with van der Waals surface area (Å²) in [6.07, 6.45) is -7.00. The first kappa shape index (κ1) is 25.1. The number of hydrogen-bond donors (Lipinski definition) is 0. The molecule has 1 aliphatic carbocycles. The first-order valence-electron chi connectivity index (χ1n) is 9.85. The topological polar surface area (TPSA) is 59.3 Å². The van der Waals surface area contributed by atoms with Gasteiger partial charge in [0.15, 0.2) is 11.6 Å². The molecule has 0 spiro atoms. The lowest BCUT2D eigenvalue weighted by Crippen LogP contribution is -2.35. The minimum absolute atomic E-state index is 0.146. The van der Waals surface area contributed by atoms with Crippen molar-refractivity contribution in [2.75, 3.05) is 0 Å². The molecule has 3 rings (SSSR count). The molecule has 0 N–H and O–H groups in total. The fraction of sp³-hybridized carbons (Fsp3) is 0.391. The van der Waals surface area contributed by atoms with Gasteiger partial charge in [-0.15, -0.1) is 0 Å². The van der Waals surface area contributed by atoms with Crippen molar-refractivity contribution in [3.8, 4) is 17.6 Å². The number of para-hydroxylation sites is 1. The van der Waals surface area contributed by atoms with Crippen molar-refractivity contribution in [1.82, 2.24) is 0 Å². The van der Waals surface area contributed by atoms with Crippen LogP contribution in [0.3, 0.4) is 0 Å². The van der Waals surface area contributed by atoms with Crippen LogP contribution in [0, 0.1) is 34.4 Å². The summed E-state index contributed by atoms with van der Waals surface area (Å²) < 4.78 is 61.1. The summed E-state index contributed by atoms with van der Waals surface area (Å²) in [6, 6.07) is 13.7. The Morgan fingerprint density at radius 2 is 1.82 bits per heavy atom. The molecule has 1 aliphatic rings. The number of benzene rings is 2. The first-order valence-corrected chi connectivity index (χ1v) is 10.6. The number of halogens is 6. The molecule has 0 saturated heterocycles. The molecule has 2 aromatic carbocycles. The van der Waals surface area contributed by atoms with Crippen LogP contribution in [0.4, 0.5) is 17.6 Å². The van der Waals surface area contributed by atoms with E-state index < -0.39 is 52.1 Å². The molecule has 1 fully saturated rings. The molecule has 0 amide bonds. The smallest absolute Gasteiger partial charge is 0.421 e. The number of carbonyl (C=O) groups is 1. The molecule has 0 aliphatic heterocycles. The maximum absolute atomic E-state index is 14.2. The Bertz CT molecular complexity index is 1070. The molecule has 0 heterocycles. The lowest BCUT2D eigenvalue weighted by atomic mass is 10.1. The van der Waals surface area contributed by atoms with Crippen LogP contribution in [-0.4, -0.2) is 16.5 Å². The van der Waals surface area contributed by atoms with Gasteiger partial charge in [-0.25, -0.2) is 4.39 Å². The number of hydrogen-bond acceptors (Lipinski definition) is 4. The van der Waals surface area contributed by atoms with Gasteiger partial charge in [-0.2, -0.15) is 18.4 Å². The molecule has 0 radical (unpaired) electrons. The van der Waals surface area contributed by atoms with Gasteiger partial charge < -0.3 is 9.47 Å². The van der Waals surface area contributed by atoms with E-state index in [1.165, 1.54) is 12.1 Å². The number of carbonyl (C=O) groups excluding carboxylic acids is 1. The van der Waals surface area contributed by atoms with Crippen LogP contribution in [0.2, 0.25) is 0 Å². The van der Waals surface area contributed by atoms with Gasteiger partial charge >= 0.3 is 12.1 Å². The van der Waals surface area contributed by atoms with Crippen molar-refractivity contribution >= 4 is 29.2 Å². The van der Waals surface area contributed by atoms with Gasteiger partial charge in [0, 0.05) is 5.56 Å². The molecular weight excluding hydrogens is 485 g/mol. The zero-order valence-corrected chi connectivity index (χ0v) is 19.0. The maximum atomic E-state index is 14.2. The van der Waals surface area contributed by atoms with Gasteiger partial charge in [0.05, 0.1) is 5.92 Å². The highest BCUT2D eigenvalue weighted by Gasteiger charge is 2.67.